The normalized spacial score (nSPS) is 14.7. The van der Waals surface area contributed by atoms with Crippen molar-refractivity contribution in [3.63, 3.8) is 0 Å². The van der Waals surface area contributed by atoms with Gasteiger partial charge in [0, 0.05) is 11.4 Å². The van der Waals surface area contributed by atoms with E-state index in [1.54, 1.807) is 12.1 Å². The summed E-state index contributed by atoms with van der Waals surface area (Å²) in [5.74, 6) is 0. The molecule has 1 aromatic heterocycles. The smallest absolute Gasteiger partial charge is 0.271 e. The number of hydrogen-bond donors (Lipinski definition) is 2. The number of fused-ring (bicyclic) bond motifs is 1. The van der Waals surface area contributed by atoms with Gasteiger partial charge in [-0.2, -0.15) is 0 Å². The summed E-state index contributed by atoms with van der Waals surface area (Å²) in [6.07, 6.45) is 4.25. The second-order valence-corrected chi connectivity index (χ2v) is 8.26. The molecule has 2 aromatic rings. The first kappa shape index (κ1) is 14.6. The Labute approximate surface area is 129 Å². The second kappa shape index (κ2) is 5.79. The summed E-state index contributed by atoms with van der Waals surface area (Å²) >= 11 is 1.22. The molecule has 0 saturated carbocycles. The summed E-state index contributed by atoms with van der Waals surface area (Å²) in [6.45, 7) is 0.362. The Bertz CT molecular complexity index is 751. The third-order valence-corrected chi connectivity index (χ3v) is 6.71. The maximum Gasteiger partial charge on any atom is 0.271 e. The van der Waals surface area contributed by atoms with E-state index in [1.807, 2.05) is 12.1 Å². The van der Waals surface area contributed by atoms with Crippen molar-refractivity contribution in [3.05, 3.63) is 46.3 Å². The molecule has 0 bridgehead atoms. The highest BCUT2D eigenvalue weighted by Gasteiger charge is 2.20. The second-order valence-electron chi connectivity index (χ2n) is 5.18. The van der Waals surface area contributed by atoms with E-state index in [0.717, 1.165) is 35.4 Å². The molecule has 6 heteroatoms. The zero-order chi connectivity index (χ0) is 14.9. The Morgan fingerprint density at radius 2 is 1.95 bits per heavy atom. The molecule has 0 saturated heterocycles. The Hall–Kier alpha value is -1.37. The number of anilines is 1. The van der Waals surface area contributed by atoms with Crippen LogP contribution < -0.4 is 10.5 Å². The summed E-state index contributed by atoms with van der Waals surface area (Å²) in [7, 11) is -3.52. The van der Waals surface area contributed by atoms with Crippen LogP contribution in [0, 0.1) is 0 Å². The fraction of sp³-hybridized carbons (Fsp3) is 0.333. The van der Waals surface area contributed by atoms with Crippen LogP contribution in [0.2, 0.25) is 0 Å². The van der Waals surface area contributed by atoms with E-state index in [2.05, 4.69) is 10.8 Å². The topological polar surface area (TPSA) is 72.2 Å². The zero-order valence-corrected chi connectivity index (χ0v) is 13.3. The number of rotatable bonds is 4. The van der Waals surface area contributed by atoms with E-state index in [1.165, 1.54) is 23.3 Å². The van der Waals surface area contributed by atoms with Crippen LogP contribution in [0.15, 0.2) is 34.5 Å². The maximum atomic E-state index is 12.5. The Morgan fingerprint density at radius 3 is 2.71 bits per heavy atom. The van der Waals surface area contributed by atoms with Crippen molar-refractivity contribution in [2.45, 2.75) is 36.4 Å². The van der Waals surface area contributed by atoms with Gasteiger partial charge >= 0.3 is 0 Å². The molecule has 3 rings (SSSR count). The van der Waals surface area contributed by atoms with Crippen LogP contribution in [-0.2, 0) is 29.4 Å². The minimum Gasteiger partial charge on any atom is -0.326 e. The van der Waals surface area contributed by atoms with Gasteiger partial charge in [0.1, 0.15) is 4.21 Å². The molecular weight excluding hydrogens is 304 g/mol. The van der Waals surface area contributed by atoms with Crippen LogP contribution in [-0.4, -0.2) is 8.42 Å². The summed E-state index contributed by atoms with van der Waals surface area (Å²) < 4.78 is 28.0. The molecule has 112 valence electrons. The predicted molar refractivity (Wildman–Crippen MR) is 86.1 cm³/mol. The summed E-state index contributed by atoms with van der Waals surface area (Å²) in [6, 6.07) is 9.23. The van der Waals surface area contributed by atoms with Gasteiger partial charge in [0.15, 0.2) is 0 Å². The van der Waals surface area contributed by atoms with Crippen molar-refractivity contribution in [3.8, 4) is 0 Å². The number of benzene rings is 1. The number of hydrogen-bond acceptors (Lipinski definition) is 4. The van der Waals surface area contributed by atoms with Crippen LogP contribution in [0.1, 0.15) is 28.8 Å². The highest BCUT2D eigenvalue weighted by molar-refractivity contribution is 7.94. The number of thiophene rings is 1. The molecular formula is C15H18N2O2S2. The maximum absolute atomic E-state index is 12.5. The summed E-state index contributed by atoms with van der Waals surface area (Å²) in [5.41, 5.74) is 8.66. The molecule has 0 radical (unpaired) electrons. The highest BCUT2D eigenvalue weighted by Crippen LogP contribution is 2.30. The molecule has 0 amide bonds. The van der Waals surface area contributed by atoms with Gasteiger partial charge in [0.25, 0.3) is 10.0 Å². The molecule has 1 heterocycles. The fourth-order valence-electron chi connectivity index (χ4n) is 2.68. The van der Waals surface area contributed by atoms with E-state index in [4.69, 9.17) is 5.73 Å². The molecule has 0 spiro atoms. The van der Waals surface area contributed by atoms with E-state index < -0.39 is 10.0 Å². The summed E-state index contributed by atoms with van der Waals surface area (Å²) in [5, 5.41) is 0. The van der Waals surface area contributed by atoms with Crippen molar-refractivity contribution in [2.24, 2.45) is 5.73 Å². The number of nitrogens with one attached hydrogen (secondary N) is 1. The van der Waals surface area contributed by atoms with Crippen molar-refractivity contribution in [2.75, 3.05) is 4.72 Å². The highest BCUT2D eigenvalue weighted by atomic mass is 32.2. The van der Waals surface area contributed by atoms with Gasteiger partial charge in [-0.3, -0.25) is 4.72 Å². The quantitative estimate of drug-likeness (QED) is 0.909. The number of aryl methyl sites for hydroxylation is 1. The van der Waals surface area contributed by atoms with Crippen LogP contribution in [0.3, 0.4) is 0 Å². The van der Waals surface area contributed by atoms with Gasteiger partial charge in [-0.15, -0.1) is 11.3 Å². The lowest BCUT2D eigenvalue weighted by molar-refractivity contribution is 0.603. The van der Waals surface area contributed by atoms with Crippen LogP contribution in [0.5, 0.6) is 0 Å². The van der Waals surface area contributed by atoms with Crippen LogP contribution in [0.4, 0.5) is 5.69 Å². The molecule has 0 aliphatic heterocycles. The lowest BCUT2D eigenvalue weighted by Crippen LogP contribution is -2.15. The number of sulfonamides is 1. The van der Waals surface area contributed by atoms with Gasteiger partial charge in [0.05, 0.1) is 5.69 Å². The average molecular weight is 322 g/mol. The van der Waals surface area contributed by atoms with E-state index >= 15 is 0 Å². The lowest BCUT2D eigenvalue weighted by Gasteiger charge is -2.19. The summed E-state index contributed by atoms with van der Waals surface area (Å²) in [4.78, 5) is 0.866. The molecule has 21 heavy (non-hydrogen) atoms. The minimum absolute atomic E-state index is 0.316. The van der Waals surface area contributed by atoms with Crippen LogP contribution >= 0.6 is 11.3 Å². The van der Waals surface area contributed by atoms with Crippen LogP contribution in [0.25, 0.3) is 0 Å². The molecule has 4 nitrogen and oxygen atoms in total. The zero-order valence-electron chi connectivity index (χ0n) is 11.6. The predicted octanol–water partition coefficient (Wildman–Crippen LogP) is 2.89. The number of nitrogens with two attached hydrogens (primary N) is 1. The van der Waals surface area contributed by atoms with Gasteiger partial charge in [-0.05, 0) is 55.0 Å². The fourth-order valence-corrected chi connectivity index (χ4v) is 5.01. The van der Waals surface area contributed by atoms with Crippen molar-refractivity contribution >= 4 is 27.0 Å². The molecule has 0 atom stereocenters. The first-order valence-electron chi connectivity index (χ1n) is 7.02. The van der Waals surface area contributed by atoms with Crippen molar-refractivity contribution in [1.82, 2.24) is 0 Å². The van der Waals surface area contributed by atoms with Gasteiger partial charge in [-0.1, -0.05) is 12.1 Å². The Balaban J connectivity index is 1.92. The molecule has 1 aliphatic carbocycles. The van der Waals surface area contributed by atoms with Crippen molar-refractivity contribution < 1.29 is 8.42 Å². The molecule has 3 N–H and O–H groups in total. The first-order valence-corrected chi connectivity index (χ1v) is 9.32. The largest absolute Gasteiger partial charge is 0.326 e. The SMILES string of the molecule is NCc1ccc(S(=O)(=O)Nc2cccc3c2CCCC3)s1. The molecule has 1 aromatic carbocycles. The average Bonchev–Trinajstić information content (AvgIpc) is 2.97. The van der Waals surface area contributed by atoms with Gasteiger partial charge in [0.2, 0.25) is 0 Å². The Kier molecular flexibility index (Phi) is 4.01. The van der Waals surface area contributed by atoms with E-state index in [-0.39, 0.29) is 0 Å². The standard InChI is InChI=1S/C15H18N2O2S2/c16-10-12-8-9-15(20-12)21(18,19)17-14-7-3-5-11-4-1-2-6-13(11)14/h3,5,7-9,17H,1-2,4,6,10,16H2. The van der Waals surface area contributed by atoms with Crippen molar-refractivity contribution in [1.29, 1.82) is 0 Å². The minimum atomic E-state index is -3.52. The third kappa shape index (κ3) is 2.97. The lowest BCUT2D eigenvalue weighted by atomic mass is 9.91. The molecule has 0 unspecified atom stereocenters. The molecule has 1 aliphatic rings. The van der Waals surface area contributed by atoms with Gasteiger partial charge in [-0.25, -0.2) is 8.42 Å². The molecule has 0 fully saturated rings. The first-order chi connectivity index (χ1) is 10.1. The Morgan fingerprint density at radius 1 is 1.14 bits per heavy atom. The third-order valence-electron chi connectivity index (χ3n) is 3.74. The van der Waals surface area contributed by atoms with E-state index in [9.17, 15) is 8.42 Å². The monoisotopic (exact) mass is 322 g/mol. The van der Waals surface area contributed by atoms with E-state index in [0.29, 0.717) is 10.8 Å². The van der Waals surface area contributed by atoms with Gasteiger partial charge < -0.3 is 5.73 Å².